The number of thiazole rings is 1. The van der Waals surface area contributed by atoms with Crippen LogP contribution in [0.15, 0.2) is 0 Å². The van der Waals surface area contributed by atoms with Crippen LogP contribution in [0, 0.1) is 11.3 Å². The normalized spacial score (nSPS) is 25.6. The van der Waals surface area contributed by atoms with E-state index >= 15 is 0 Å². The summed E-state index contributed by atoms with van der Waals surface area (Å²) >= 11 is 7.07. The number of aliphatic hydroxyl groups excluding tert-OH is 1. The van der Waals surface area contributed by atoms with Gasteiger partial charge in [0, 0.05) is 12.6 Å². The molecule has 4 nitrogen and oxygen atoms in total. The molecule has 1 aliphatic heterocycles. The van der Waals surface area contributed by atoms with Crippen molar-refractivity contribution in [1.29, 1.82) is 5.26 Å². The monoisotopic (exact) mass is 243 g/mol. The van der Waals surface area contributed by atoms with Crippen molar-refractivity contribution in [3.05, 3.63) is 10.0 Å². The lowest BCUT2D eigenvalue weighted by atomic mass is 10.2. The molecule has 2 atom stereocenters. The molecule has 1 N–H and O–H groups in total. The summed E-state index contributed by atoms with van der Waals surface area (Å²) < 4.78 is 0. The molecule has 1 fully saturated rings. The molecule has 2 unspecified atom stereocenters. The Kier molecular flexibility index (Phi) is 2.83. The second kappa shape index (κ2) is 3.97. The van der Waals surface area contributed by atoms with Crippen molar-refractivity contribution in [2.75, 3.05) is 11.4 Å². The molecule has 0 amide bonds. The van der Waals surface area contributed by atoms with Gasteiger partial charge in [-0.3, -0.25) is 0 Å². The third kappa shape index (κ3) is 1.93. The zero-order valence-electron chi connectivity index (χ0n) is 8.14. The second-order valence-electron chi connectivity index (χ2n) is 3.62. The molecule has 0 saturated carbocycles. The summed E-state index contributed by atoms with van der Waals surface area (Å²) in [5.74, 6) is 0. The van der Waals surface area contributed by atoms with Gasteiger partial charge in [0.05, 0.1) is 6.10 Å². The van der Waals surface area contributed by atoms with E-state index in [1.807, 2.05) is 17.9 Å². The number of aliphatic hydroxyl groups is 1. The van der Waals surface area contributed by atoms with Gasteiger partial charge in [-0.2, -0.15) is 5.26 Å². The van der Waals surface area contributed by atoms with Crippen molar-refractivity contribution in [2.24, 2.45) is 0 Å². The minimum atomic E-state index is -0.312. The van der Waals surface area contributed by atoms with E-state index < -0.39 is 0 Å². The quantitative estimate of drug-likeness (QED) is 0.815. The van der Waals surface area contributed by atoms with Gasteiger partial charge in [0.15, 0.2) is 10.3 Å². The number of aromatic nitrogens is 1. The Morgan fingerprint density at radius 2 is 2.47 bits per heavy atom. The molecular weight excluding hydrogens is 234 g/mol. The zero-order chi connectivity index (χ0) is 11.0. The first kappa shape index (κ1) is 10.7. The van der Waals surface area contributed by atoms with Crippen LogP contribution < -0.4 is 4.90 Å². The third-order valence-corrected chi connectivity index (χ3v) is 3.86. The zero-order valence-corrected chi connectivity index (χ0v) is 9.72. The summed E-state index contributed by atoms with van der Waals surface area (Å²) in [4.78, 5) is 6.54. The lowest BCUT2D eigenvalue weighted by molar-refractivity contribution is 0.195. The fraction of sp³-hybridized carbons (Fsp3) is 0.556. The Hall–Kier alpha value is -0.830. The molecule has 0 spiro atoms. The van der Waals surface area contributed by atoms with Gasteiger partial charge in [-0.1, -0.05) is 22.9 Å². The van der Waals surface area contributed by atoms with Gasteiger partial charge in [-0.05, 0) is 13.3 Å². The third-order valence-electron chi connectivity index (χ3n) is 2.47. The van der Waals surface area contributed by atoms with Crippen LogP contribution in [0.4, 0.5) is 5.13 Å². The summed E-state index contributed by atoms with van der Waals surface area (Å²) in [6.07, 6.45) is 0.423. The van der Waals surface area contributed by atoms with Crippen LogP contribution in [0.2, 0.25) is 5.15 Å². The van der Waals surface area contributed by atoms with Crippen LogP contribution in [0.25, 0.3) is 0 Å². The second-order valence-corrected chi connectivity index (χ2v) is 4.95. The Labute approximate surface area is 96.7 Å². The molecule has 0 bridgehead atoms. The summed E-state index contributed by atoms with van der Waals surface area (Å²) in [6, 6.07) is 2.24. The van der Waals surface area contributed by atoms with E-state index in [-0.39, 0.29) is 17.3 Å². The van der Waals surface area contributed by atoms with E-state index in [2.05, 4.69) is 4.98 Å². The topological polar surface area (TPSA) is 60.1 Å². The predicted octanol–water partition coefficient (Wildman–Crippen LogP) is 1.63. The highest BCUT2D eigenvalue weighted by atomic mass is 35.5. The number of hydrogen-bond acceptors (Lipinski definition) is 5. The SMILES string of the molecule is CC1CC(O)CN1c1nc(Cl)c(C#N)s1. The Morgan fingerprint density at radius 1 is 1.73 bits per heavy atom. The number of halogens is 1. The fourth-order valence-corrected chi connectivity index (χ4v) is 2.91. The lowest BCUT2D eigenvalue weighted by Crippen LogP contribution is -2.26. The first-order valence-corrected chi connectivity index (χ1v) is 5.82. The molecule has 0 aliphatic carbocycles. The van der Waals surface area contributed by atoms with Gasteiger partial charge in [0.1, 0.15) is 10.9 Å². The number of nitrogens with zero attached hydrogens (tertiary/aromatic N) is 3. The van der Waals surface area contributed by atoms with Gasteiger partial charge in [-0.15, -0.1) is 0 Å². The van der Waals surface area contributed by atoms with Gasteiger partial charge >= 0.3 is 0 Å². The van der Waals surface area contributed by atoms with E-state index in [4.69, 9.17) is 16.9 Å². The summed E-state index contributed by atoms with van der Waals surface area (Å²) in [6.45, 7) is 2.59. The molecule has 1 saturated heterocycles. The van der Waals surface area contributed by atoms with Crippen LogP contribution in [0.3, 0.4) is 0 Å². The maximum Gasteiger partial charge on any atom is 0.188 e. The molecule has 80 valence electrons. The molecular formula is C9H10ClN3OS. The van der Waals surface area contributed by atoms with Crippen molar-refractivity contribution in [3.8, 4) is 6.07 Å². The number of hydrogen-bond donors (Lipinski definition) is 1. The molecule has 2 rings (SSSR count). The van der Waals surface area contributed by atoms with Crippen molar-refractivity contribution in [3.63, 3.8) is 0 Å². The molecule has 0 aromatic carbocycles. The van der Waals surface area contributed by atoms with E-state index in [0.29, 0.717) is 11.4 Å². The first-order valence-electron chi connectivity index (χ1n) is 4.63. The van der Waals surface area contributed by atoms with Crippen LogP contribution in [0.5, 0.6) is 0 Å². The summed E-state index contributed by atoms with van der Waals surface area (Å²) in [5, 5.41) is 19.2. The number of nitriles is 1. The smallest absolute Gasteiger partial charge is 0.188 e. The molecule has 2 heterocycles. The molecule has 0 radical (unpaired) electrons. The Morgan fingerprint density at radius 3 is 2.93 bits per heavy atom. The minimum absolute atomic E-state index is 0.244. The average Bonchev–Trinajstić information content (AvgIpc) is 2.69. The molecule has 6 heteroatoms. The van der Waals surface area contributed by atoms with E-state index in [1.165, 1.54) is 11.3 Å². The van der Waals surface area contributed by atoms with Crippen molar-refractivity contribution < 1.29 is 5.11 Å². The highest BCUT2D eigenvalue weighted by molar-refractivity contribution is 7.16. The Bertz CT molecular complexity index is 414. The van der Waals surface area contributed by atoms with Crippen molar-refractivity contribution >= 4 is 28.1 Å². The summed E-state index contributed by atoms with van der Waals surface area (Å²) in [7, 11) is 0. The number of anilines is 1. The van der Waals surface area contributed by atoms with E-state index in [9.17, 15) is 5.11 Å². The van der Waals surface area contributed by atoms with Crippen molar-refractivity contribution in [2.45, 2.75) is 25.5 Å². The van der Waals surface area contributed by atoms with Gasteiger partial charge < -0.3 is 10.0 Å². The van der Waals surface area contributed by atoms with Crippen LogP contribution in [0.1, 0.15) is 18.2 Å². The first-order chi connectivity index (χ1) is 7.11. The highest BCUT2D eigenvalue weighted by Gasteiger charge is 2.30. The van der Waals surface area contributed by atoms with Crippen LogP contribution in [-0.2, 0) is 0 Å². The molecule has 1 aromatic heterocycles. The lowest BCUT2D eigenvalue weighted by Gasteiger charge is -2.19. The largest absolute Gasteiger partial charge is 0.391 e. The molecule has 15 heavy (non-hydrogen) atoms. The minimum Gasteiger partial charge on any atom is -0.391 e. The maximum absolute atomic E-state index is 9.50. The van der Waals surface area contributed by atoms with Crippen LogP contribution >= 0.6 is 22.9 Å². The van der Waals surface area contributed by atoms with Crippen molar-refractivity contribution in [1.82, 2.24) is 4.98 Å². The van der Waals surface area contributed by atoms with Crippen LogP contribution in [-0.4, -0.2) is 28.8 Å². The highest BCUT2D eigenvalue weighted by Crippen LogP contribution is 2.33. The standard InChI is InChI=1S/C9H10ClN3OS/c1-5-2-6(14)4-13(5)9-12-8(10)7(3-11)15-9/h5-6,14H,2,4H2,1H3. The number of rotatable bonds is 1. The summed E-state index contributed by atoms with van der Waals surface area (Å²) in [5.41, 5.74) is 0. The fourth-order valence-electron chi connectivity index (χ4n) is 1.75. The van der Waals surface area contributed by atoms with Gasteiger partial charge in [0.2, 0.25) is 0 Å². The predicted molar refractivity (Wildman–Crippen MR) is 59.3 cm³/mol. The molecule has 1 aliphatic rings. The number of β-amino-alcohol motifs (C(OH)–C–C–N with tert-alkyl or cyclic N) is 1. The van der Waals surface area contributed by atoms with Gasteiger partial charge in [0.25, 0.3) is 0 Å². The van der Waals surface area contributed by atoms with E-state index in [0.717, 1.165) is 11.6 Å². The molecule has 1 aromatic rings. The van der Waals surface area contributed by atoms with Gasteiger partial charge in [-0.25, -0.2) is 4.98 Å². The van der Waals surface area contributed by atoms with E-state index in [1.54, 1.807) is 0 Å². The maximum atomic E-state index is 9.50. The average molecular weight is 244 g/mol. The Balaban J connectivity index is 2.27.